The van der Waals surface area contributed by atoms with Crippen molar-refractivity contribution in [3.63, 3.8) is 0 Å². The van der Waals surface area contributed by atoms with Crippen LogP contribution in [0.25, 0.3) is 11.1 Å². The molecule has 1 aliphatic rings. The fraction of sp³-hybridized carbons (Fsp3) is 0.235. The zero-order valence-electron chi connectivity index (χ0n) is 13.5. The van der Waals surface area contributed by atoms with Crippen molar-refractivity contribution in [3.8, 4) is 11.1 Å². The van der Waals surface area contributed by atoms with Crippen LogP contribution in [0.15, 0.2) is 47.4 Å². The Hall–Kier alpha value is -2.45. The van der Waals surface area contributed by atoms with Gasteiger partial charge in [-0.05, 0) is 42.3 Å². The maximum Gasteiger partial charge on any atom is 0.414 e. The third-order valence-electron chi connectivity index (χ3n) is 4.09. The molecule has 1 heterocycles. The molecule has 132 valence electrons. The van der Waals surface area contributed by atoms with Crippen LogP contribution in [-0.4, -0.2) is 27.2 Å². The number of halogens is 1. The summed E-state index contributed by atoms with van der Waals surface area (Å²) in [6, 6.07) is 10.0. The summed E-state index contributed by atoms with van der Waals surface area (Å²) in [5.41, 5.74) is 1.22. The van der Waals surface area contributed by atoms with E-state index in [1.165, 1.54) is 35.2 Å². The first-order chi connectivity index (χ1) is 11.8. The number of carbonyl (C=O) groups is 1. The summed E-state index contributed by atoms with van der Waals surface area (Å²) in [6.45, 7) is 2.30. The van der Waals surface area contributed by atoms with Crippen molar-refractivity contribution in [2.45, 2.75) is 24.3 Å². The number of rotatable bonds is 4. The minimum atomic E-state index is -3.80. The molecule has 0 saturated carbocycles. The Bertz CT molecular complexity index is 913. The van der Waals surface area contributed by atoms with Crippen molar-refractivity contribution in [1.29, 1.82) is 0 Å². The van der Waals surface area contributed by atoms with Gasteiger partial charge in [-0.3, -0.25) is 4.90 Å². The van der Waals surface area contributed by atoms with Crippen molar-refractivity contribution in [2.75, 3.05) is 11.4 Å². The third kappa shape index (κ3) is 3.49. The molecule has 2 N–H and O–H groups in total. The summed E-state index contributed by atoms with van der Waals surface area (Å²) >= 11 is 0. The first kappa shape index (κ1) is 17.4. The van der Waals surface area contributed by atoms with Gasteiger partial charge >= 0.3 is 6.09 Å². The Kier molecular flexibility index (Phi) is 4.49. The number of amides is 1. The normalized spacial score (nSPS) is 17.6. The number of primary sulfonamides is 1. The fourth-order valence-electron chi connectivity index (χ4n) is 2.68. The lowest BCUT2D eigenvalue weighted by Gasteiger charge is -2.14. The zero-order valence-corrected chi connectivity index (χ0v) is 14.3. The maximum absolute atomic E-state index is 14.5. The van der Waals surface area contributed by atoms with Gasteiger partial charge in [-0.15, -0.1) is 0 Å². The molecule has 1 atom stereocenters. The summed E-state index contributed by atoms with van der Waals surface area (Å²) in [4.78, 5) is 13.2. The summed E-state index contributed by atoms with van der Waals surface area (Å²) in [5, 5.41) is 5.05. The van der Waals surface area contributed by atoms with E-state index in [4.69, 9.17) is 9.88 Å². The van der Waals surface area contributed by atoms with Crippen molar-refractivity contribution < 1.29 is 22.3 Å². The van der Waals surface area contributed by atoms with Gasteiger partial charge in [0.2, 0.25) is 10.0 Å². The molecule has 0 radical (unpaired) electrons. The lowest BCUT2D eigenvalue weighted by molar-refractivity contribution is 0.139. The maximum atomic E-state index is 14.5. The molecule has 2 aromatic rings. The second-order valence-electron chi connectivity index (χ2n) is 5.76. The molecule has 0 spiro atoms. The van der Waals surface area contributed by atoms with Crippen molar-refractivity contribution in [1.82, 2.24) is 0 Å². The molecular formula is C17H17FN2O4S. The van der Waals surface area contributed by atoms with Crippen LogP contribution >= 0.6 is 0 Å². The highest BCUT2D eigenvalue weighted by atomic mass is 32.2. The Balaban J connectivity index is 1.89. The van der Waals surface area contributed by atoms with Crippen LogP contribution in [0, 0.1) is 5.82 Å². The molecule has 1 amide bonds. The van der Waals surface area contributed by atoms with Crippen molar-refractivity contribution >= 4 is 21.8 Å². The number of cyclic esters (lactones) is 1. The van der Waals surface area contributed by atoms with Gasteiger partial charge in [0.05, 0.1) is 17.1 Å². The van der Waals surface area contributed by atoms with Crippen LogP contribution in [0.1, 0.15) is 13.3 Å². The van der Waals surface area contributed by atoms with Gasteiger partial charge in [-0.1, -0.05) is 19.1 Å². The zero-order chi connectivity index (χ0) is 18.2. The predicted molar refractivity (Wildman–Crippen MR) is 91.1 cm³/mol. The van der Waals surface area contributed by atoms with Crippen molar-refractivity contribution in [3.05, 3.63) is 48.3 Å². The Morgan fingerprint density at radius 1 is 1.24 bits per heavy atom. The van der Waals surface area contributed by atoms with Crippen LogP contribution in [0.4, 0.5) is 14.9 Å². The van der Waals surface area contributed by atoms with E-state index < -0.39 is 21.9 Å². The molecular weight excluding hydrogens is 347 g/mol. The summed E-state index contributed by atoms with van der Waals surface area (Å²) in [7, 11) is -3.80. The molecule has 0 bridgehead atoms. The van der Waals surface area contributed by atoms with Gasteiger partial charge in [-0.2, -0.15) is 0 Å². The number of anilines is 1. The number of nitrogens with zero attached hydrogens (tertiary/aromatic N) is 1. The molecule has 1 unspecified atom stereocenters. The van der Waals surface area contributed by atoms with Gasteiger partial charge in [0, 0.05) is 5.56 Å². The van der Waals surface area contributed by atoms with E-state index >= 15 is 0 Å². The van der Waals surface area contributed by atoms with E-state index in [-0.39, 0.29) is 11.0 Å². The highest BCUT2D eigenvalue weighted by molar-refractivity contribution is 7.89. The minimum Gasteiger partial charge on any atom is -0.444 e. The minimum absolute atomic E-state index is 0.0429. The smallest absolute Gasteiger partial charge is 0.414 e. The first-order valence-corrected chi connectivity index (χ1v) is 9.25. The van der Waals surface area contributed by atoms with E-state index in [0.717, 1.165) is 0 Å². The van der Waals surface area contributed by atoms with Crippen molar-refractivity contribution in [2.24, 2.45) is 5.14 Å². The van der Waals surface area contributed by atoms with E-state index in [9.17, 15) is 17.6 Å². The van der Waals surface area contributed by atoms with E-state index in [1.807, 2.05) is 6.92 Å². The molecule has 6 nitrogen and oxygen atoms in total. The molecule has 2 aromatic carbocycles. The molecule has 1 fully saturated rings. The average Bonchev–Trinajstić information content (AvgIpc) is 2.95. The quantitative estimate of drug-likeness (QED) is 0.903. The molecule has 8 heteroatoms. The van der Waals surface area contributed by atoms with Gasteiger partial charge in [0.25, 0.3) is 0 Å². The molecule has 0 aliphatic carbocycles. The van der Waals surface area contributed by atoms with Crippen LogP contribution in [0.3, 0.4) is 0 Å². The lowest BCUT2D eigenvalue weighted by Crippen LogP contribution is -2.24. The van der Waals surface area contributed by atoms with Gasteiger partial charge in [0.1, 0.15) is 11.9 Å². The van der Waals surface area contributed by atoms with E-state index in [2.05, 4.69) is 0 Å². The number of ether oxygens (including phenoxy) is 1. The van der Waals surface area contributed by atoms with Gasteiger partial charge in [0.15, 0.2) is 0 Å². The number of hydrogen-bond donors (Lipinski definition) is 1. The first-order valence-electron chi connectivity index (χ1n) is 7.70. The van der Waals surface area contributed by atoms with Crippen LogP contribution < -0.4 is 10.0 Å². The Morgan fingerprint density at radius 2 is 1.92 bits per heavy atom. The molecule has 1 aliphatic heterocycles. The highest BCUT2D eigenvalue weighted by Crippen LogP contribution is 2.29. The predicted octanol–water partition coefficient (Wildman–Crippen LogP) is 2.88. The topological polar surface area (TPSA) is 89.7 Å². The van der Waals surface area contributed by atoms with Crippen LogP contribution in [0.2, 0.25) is 0 Å². The van der Waals surface area contributed by atoms with Crippen LogP contribution in [0.5, 0.6) is 0 Å². The summed E-state index contributed by atoms with van der Waals surface area (Å²) in [6.07, 6.45) is 0.0108. The summed E-state index contributed by atoms with van der Waals surface area (Å²) < 4.78 is 42.2. The number of nitrogens with two attached hydrogens (primary N) is 1. The third-order valence-corrected chi connectivity index (χ3v) is 5.02. The van der Waals surface area contributed by atoms with Crippen LogP contribution in [-0.2, 0) is 14.8 Å². The standard InChI is InChI=1S/C17H17FN2O4S/c1-2-13-10-20(17(21)24-13)12-5-8-15(16(18)9-12)11-3-6-14(7-4-11)25(19,22)23/h3-9,13H,2,10H2,1H3,(H2,19,22,23). The molecule has 1 saturated heterocycles. The van der Waals surface area contributed by atoms with E-state index in [0.29, 0.717) is 29.8 Å². The average molecular weight is 364 g/mol. The molecule has 25 heavy (non-hydrogen) atoms. The van der Waals surface area contributed by atoms with Gasteiger partial charge in [-0.25, -0.2) is 22.7 Å². The SMILES string of the molecule is CCC1CN(c2ccc(-c3ccc(S(N)(=O)=O)cc3)c(F)c2)C(=O)O1. The number of hydrogen-bond acceptors (Lipinski definition) is 4. The largest absolute Gasteiger partial charge is 0.444 e. The Morgan fingerprint density at radius 3 is 2.44 bits per heavy atom. The Labute approximate surface area is 145 Å². The lowest BCUT2D eigenvalue weighted by atomic mass is 10.0. The monoisotopic (exact) mass is 364 g/mol. The van der Waals surface area contributed by atoms with E-state index in [1.54, 1.807) is 12.1 Å². The second kappa shape index (κ2) is 6.45. The number of carbonyl (C=O) groups excluding carboxylic acids is 1. The molecule has 3 rings (SSSR count). The number of benzene rings is 2. The number of sulfonamides is 1. The second-order valence-corrected chi connectivity index (χ2v) is 7.32. The highest BCUT2D eigenvalue weighted by Gasteiger charge is 2.31. The fourth-order valence-corrected chi connectivity index (χ4v) is 3.19. The molecule has 0 aromatic heterocycles. The van der Waals surface area contributed by atoms with Gasteiger partial charge < -0.3 is 4.74 Å². The summed E-state index contributed by atoms with van der Waals surface area (Å²) in [5.74, 6) is -0.520.